The first-order valence-corrected chi connectivity index (χ1v) is 7.11. The van der Waals surface area contributed by atoms with E-state index in [0.29, 0.717) is 11.6 Å². The minimum Gasteiger partial charge on any atom is -0.459 e. The predicted molar refractivity (Wildman–Crippen MR) is 67.9 cm³/mol. The fourth-order valence-corrected chi connectivity index (χ4v) is 2.08. The summed E-state index contributed by atoms with van der Waals surface area (Å²) >= 11 is 1.26. The second-order valence-electron chi connectivity index (χ2n) is 3.70. The Morgan fingerprint density at radius 2 is 2.20 bits per heavy atom. The van der Waals surface area contributed by atoms with E-state index in [4.69, 9.17) is 9.15 Å². The van der Waals surface area contributed by atoms with E-state index in [2.05, 4.69) is 25.7 Å². The molecule has 2 aromatic heterocycles. The maximum absolute atomic E-state index is 11.4. The summed E-state index contributed by atoms with van der Waals surface area (Å²) in [5, 5.41) is 19.1. The Bertz CT molecular complexity index is 569. The van der Waals surface area contributed by atoms with E-state index in [1.54, 1.807) is 11.6 Å². The third-order valence-corrected chi connectivity index (χ3v) is 3.04. The molecule has 2 heterocycles. The van der Waals surface area contributed by atoms with Gasteiger partial charge in [-0.3, -0.25) is 0 Å². The fraction of sp³-hybridized carbons (Fsp3) is 0.600. The minimum absolute atomic E-state index is 0.150. The summed E-state index contributed by atoms with van der Waals surface area (Å²) < 4.78 is 11.7. The molecule has 0 unspecified atom stereocenters. The molecule has 0 aliphatic rings. The molecule has 0 saturated carbocycles. The van der Waals surface area contributed by atoms with Crippen LogP contribution >= 0.6 is 11.8 Å². The molecule has 0 atom stereocenters. The Labute approximate surface area is 119 Å². The number of rotatable bonds is 7. The van der Waals surface area contributed by atoms with Crippen molar-refractivity contribution in [3.05, 3.63) is 11.7 Å². The number of esters is 1. The molecular formula is C10H14N6O3S. The van der Waals surface area contributed by atoms with E-state index < -0.39 is 5.97 Å². The second kappa shape index (κ2) is 6.98. The summed E-state index contributed by atoms with van der Waals surface area (Å²) in [5.41, 5.74) is 0. The van der Waals surface area contributed by atoms with Gasteiger partial charge in [0.1, 0.15) is 0 Å². The highest BCUT2D eigenvalue weighted by Gasteiger charge is 2.17. The molecule has 0 bridgehead atoms. The normalized spacial score (nSPS) is 10.7. The van der Waals surface area contributed by atoms with Crippen molar-refractivity contribution in [2.24, 2.45) is 0 Å². The highest BCUT2D eigenvalue weighted by molar-refractivity contribution is 7.98. The van der Waals surface area contributed by atoms with Gasteiger partial charge in [-0.15, -0.1) is 10.2 Å². The van der Waals surface area contributed by atoms with Crippen LogP contribution < -0.4 is 0 Å². The Morgan fingerprint density at radius 1 is 1.35 bits per heavy atom. The molecule has 0 aliphatic carbocycles. The highest BCUT2D eigenvalue weighted by atomic mass is 32.2. The average Bonchev–Trinajstić information content (AvgIpc) is 3.06. The Balaban J connectivity index is 1.94. The zero-order valence-corrected chi connectivity index (χ0v) is 12.0. The zero-order valence-electron chi connectivity index (χ0n) is 11.1. The van der Waals surface area contributed by atoms with Crippen LogP contribution in [0.1, 0.15) is 36.8 Å². The molecule has 0 aromatic carbocycles. The van der Waals surface area contributed by atoms with E-state index in [0.717, 1.165) is 13.0 Å². The third kappa shape index (κ3) is 3.53. The molecule has 20 heavy (non-hydrogen) atoms. The summed E-state index contributed by atoms with van der Waals surface area (Å²) in [6.45, 7) is 4.76. The summed E-state index contributed by atoms with van der Waals surface area (Å²) in [4.78, 5) is 11.4. The van der Waals surface area contributed by atoms with Crippen molar-refractivity contribution in [1.82, 2.24) is 30.4 Å². The van der Waals surface area contributed by atoms with Crippen LogP contribution in [-0.4, -0.2) is 43.0 Å². The Kier molecular flexibility index (Phi) is 5.04. The smallest absolute Gasteiger partial charge is 0.396 e. The van der Waals surface area contributed by atoms with Gasteiger partial charge in [-0.25, -0.2) is 9.48 Å². The standard InChI is InChI=1S/C10H14N6O3S/c1-3-5-16-7(11-14-15-16)6-20-10-13-12-8(19-10)9(17)18-4-2/h3-6H2,1-2H3. The number of carbonyl (C=O) groups is 1. The molecule has 0 radical (unpaired) electrons. The van der Waals surface area contributed by atoms with Crippen LogP contribution in [0.4, 0.5) is 0 Å². The monoisotopic (exact) mass is 298 g/mol. The zero-order chi connectivity index (χ0) is 14.4. The van der Waals surface area contributed by atoms with Gasteiger partial charge in [0.05, 0.1) is 12.4 Å². The molecule has 10 heteroatoms. The lowest BCUT2D eigenvalue weighted by atomic mass is 10.5. The van der Waals surface area contributed by atoms with Gasteiger partial charge in [-0.1, -0.05) is 23.8 Å². The van der Waals surface area contributed by atoms with E-state index in [1.807, 2.05) is 6.92 Å². The van der Waals surface area contributed by atoms with Crippen molar-refractivity contribution in [1.29, 1.82) is 0 Å². The molecule has 0 fully saturated rings. The summed E-state index contributed by atoms with van der Waals surface area (Å²) in [7, 11) is 0. The number of tetrazole rings is 1. The fourth-order valence-electron chi connectivity index (χ4n) is 1.38. The number of thioether (sulfide) groups is 1. The van der Waals surface area contributed by atoms with E-state index in [1.165, 1.54) is 11.8 Å². The Hall–Kier alpha value is -1.97. The maximum Gasteiger partial charge on any atom is 0.396 e. The molecule has 0 spiro atoms. The van der Waals surface area contributed by atoms with Crippen molar-refractivity contribution >= 4 is 17.7 Å². The molecule has 0 aliphatic heterocycles. The largest absolute Gasteiger partial charge is 0.459 e. The van der Waals surface area contributed by atoms with Crippen molar-refractivity contribution in [2.45, 2.75) is 37.8 Å². The van der Waals surface area contributed by atoms with Gasteiger partial charge in [0.2, 0.25) is 0 Å². The van der Waals surface area contributed by atoms with Crippen molar-refractivity contribution in [3.63, 3.8) is 0 Å². The third-order valence-electron chi connectivity index (χ3n) is 2.22. The van der Waals surface area contributed by atoms with Crippen LogP contribution in [0.15, 0.2) is 9.64 Å². The summed E-state index contributed by atoms with van der Waals surface area (Å²) in [6, 6.07) is 0. The first-order chi connectivity index (χ1) is 9.74. The van der Waals surface area contributed by atoms with Crippen LogP contribution in [0.5, 0.6) is 0 Å². The lowest BCUT2D eigenvalue weighted by Gasteiger charge is -2.00. The van der Waals surface area contributed by atoms with Gasteiger partial charge in [-0.2, -0.15) is 0 Å². The van der Waals surface area contributed by atoms with Gasteiger partial charge in [0.25, 0.3) is 5.22 Å². The van der Waals surface area contributed by atoms with Crippen LogP contribution in [0.2, 0.25) is 0 Å². The topological polar surface area (TPSA) is 109 Å². The Morgan fingerprint density at radius 3 is 2.95 bits per heavy atom. The quantitative estimate of drug-likeness (QED) is 0.544. The molecule has 9 nitrogen and oxygen atoms in total. The number of nitrogens with zero attached hydrogens (tertiary/aromatic N) is 6. The first-order valence-electron chi connectivity index (χ1n) is 6.13. The van der Waals surface area contributed by atoms with Gasteiger partial charge in [0.15, 0.2) is 5.82 Å². The molecule has 2 aromatic rings. The molecule has 0 amide bonds. The SMILES string of the molecule is CCCn1nnnc1CSc1nnc(C(=O)OCC)o1. The van der Waals surface area contributed by atoms with Crippen molar-refractivity contribution in [3.8, 4) is 0 Å². The van der Waals surface area contributed by atoms with Crippen molar-refractivity contribution < 1.29 is 13.9 Å². The van der Waals surface area contributed by atoms with Crippen molar-refractivity contribution in [2.75, 3.05) is 6.61 Å². The van der Waals surface area contributed by atoms with E-state index in [9.17, 15) is 4.79 Å². The van der Waals surface area contributed by atoms with Crippen LogP contribution in [0.25, 0.3) is 0 Å². The average molecular weight is 298 g/mol. The number of carbonyl (C=O) groups excluding carboxylic acids is 1. The molecular weight excluding hydrogens is 284 g/mol. The highest BCUT2D eigenvalue weighted by Crippen LogP contribution is 2.20. The number of hydrogen-bond acceptors (Lipinski definition) is 9. The number of aryl methyl sites for hydroxylation is 1. The number of hydrogen-bond donors (Lipinski definition) is 0. The molecule has 0 N–H and O–H groups in total. The lowest BCUT2D eigenvalue weighted by Crippen LogP contribution is -2.04. The van der Waals surface area contributed by atoms with Gasteiger partial charge < -0.3 is 9.15 Å². The second-order valence-corrected chi connectivity index (χ2v) is 4.63. The van der Waals surface area contributed by atoms with Gasteiger partial charge in [-0.05, 0) is 23.8 Å². The van der Waals surface area contributed by atoms with Crippen LogP contribution in [0, 0.1) is 0 Å². The minimum atomic E-state index is -0.623. The number of ether oxygens (including phenoxy) is 1. The van der Waals surface area contributed by atoms with Crippen LogP contribution in [-0.2, 0) is 17.0 Å². The predicted octanol–water partition coefficient (Wildman–Crippen LogP) is 0.935. The molecule has 2 rings (SSSR count). The summed E-state index contributed by atoms with van der Waals surface area (Å²) in [6.07, 6.45) is 0.941. The first kappa shape index (κ1) is 14.4. The molecule has 108 valence electrons. The maximum atomic E-state index is 11.4. The van der Waals surface area contributed by atoms with Gasteiger partial charge in [0, 0.05) is 6.54 Å². The lowest BCUT2D eigenvalue weighted by molar-refractivity contribution is 0.0475. The van der Waals surface area contributed by atoms with E-state index >= 15 is 0 Å². The van der Waals surface area contributed by atoms with E-state index in [-0.39, 0.29) is 17.7 Å². The van der Waals surface area contributed by atoms with Gasteiger partial charge >= 0.3 is 11.9 Å². The molecule has 0 saturated heterocycles. The summed E-state index contributed by atoms with van der Waals surface area (Å²) in [5.74, 6) is 0.426. The number of aromatic nitrogens is 6. The van der Waals surface area contributed by atoms with Crippen LogP contribution in [0.3, 0.4) is 0 Å².